The minimum Gasteiger partial charge on any atom is -0.372 e. The first-order valence-corrected chi connectivity index (χ1v) is 8.66. The van der Waals surface area contributed by atoms with E-state index in [-0.39, 0.29) is 18.0 Å². The van der Waals surface area contributed by atoms with Gasteiger partial charge >= 0.3 is 6.03 Å². The Morgan fingerprint density at radius 1 is 1.55 bits per heavy atom. The van der Waals surface area contributed by atoms with Gasteiger partial charge in [0.15, 0.2) is 6.54 Å². The van der Waals surface area contributed by atoms with Gasteiger partial charge in [-0.25, -0.2) is 4.79 Å². The Hall–Kier alpha value is -1.44. The molecular weight excluding hydrogens is 302 g/mol. The van der Waals surface area contributed by atoms with Crippen molar-refractivity contribution in [3.05, 3.63) is 22.4 Å². The molecule has 1 aromatic heterocycles. The Morgan fingerprint density at radius 2 is 2.45 bits per heavy atom. The molecule has 3 heterocycles. The maximum Gasteiger partial charge on any atom is 0.324 e. The number of amides is 3. The monoisotopic (exact) mass is 324 g/mol. The third-order valence-corrected chi connectivity index (χ3v) is 4.98. The molecule has 0 saturated carbocycles. The number of carbonyl (C=O) groups is 2. The molecule has 0 radical (unpaired) electrons. The summed E-state index contributed by atoms with van der Waals surface area (Å²) in [6, 6.07) is 3.85. The Labute approximate surface area is 134 Å². The van der Waals surface area contributed by atoms with Gasteiger partial charge in [-0.05, 0) is 24.3 Å². The highest BCUT2D eigenvalue weighted by molar-refractivity contribution is 7.09. The number of quaternary nitrogens is 1. The molecule has 2 saturated heterocycles. The van der Waals surface area contributed by atoms with Gasteiger partial charge in [-0.1, -0.05) is 6.07 Å². The zero-order valence-corrected chi connectivity index (χ0v) is 13.4. The summed E-state index contributed by atoms with van der Waals surface area (Å²) in [7, 11) is 0. The molecule has 2 aliphatic heterocycles. The van der Waals surface area contributed by atoms with Crippen molar-refractivity contribution in [2.75, 3.05) is 32.8 Å². The second-order valence-corrected chi connectivity index (χ2v) is 6.83. The van der Waals surface area contributed by atoms with Crippen molar-refractivity contribution in [1.82, 2.24) is 10.2 Å². The van der Waals surface area contributed by atoms with Gasteiger partial charge < -0.3 is 15.0 Å². The van der Waals surface area contributed by atoms with Crippen LogP contribution in [0.2, 0.25) is 0 Å². The molecule has 0 spiro atoms. The van der Waals surface area contributed by atoms with E-state index < -0.39 is 0 Å². The van der Waals surface area contributed by atoms with Gasteiger partial charge in [0.05, 0.1) is 4.88 Å². The molecule has 2 atom stereocenters. The quantitative estimate of drug-likeness (QED) is 0.766. The van der Waals surface area contributed by atoms with Gasteiger partial charge in [0.25, 0.3) is 5.91 Å². The van der Waals surface area contributed by atoms with Crippen LogP contribution in [0.3, 0.4) is 0 Å². The molecule has 22 heavy (non-hydrogen) atoms. The molecule has 0 aromatic carbocycles. The zero-order valence-electron chi connectivity index (χ0n) is 12.5. The summed E-state index contributed by atoms with van der Waals surface area (Å²) in [6.45, 7) is 3.81. The van der Waals surface area contributed by atoms with E-state index in [4.69, 9.17) is 4.74 Å². The highest BCUT2D eigenvalue weighted by atomic mass is 32.1. The number of imide groups is 1. The first-order valence-electron chi connectivity index (χ1n) is 7.78. The summed E-state index contributed by atoms with van der Waals surface area (Å²) in [5.41, 5.74) is 0. The van der Waals surface area contributed by atoms with Crippen molar-refractivity contribution >= 4 is 23.3 Å². The normalized spacial score (nSPS) is 22.8. The average Bonchev–Trinajstić information content (AvgIpc) is 3.21. The van der Waals surface area contributed by atoms with Crippen molar-refractivity contribution in [3.8, 4) is 0 Å². The fourth-order valence-electron chi connectivity index (χ4n) is 3.01. The van der Waals surface area contributed by atoms with Crippen molar-refractivity contribution in [3.63, 3.8) is 0 Å². The van der Waals surface area contributed by atoms with Crippen LogP contribution in [0.25, 0.3) is 0 Å². The van der Waals surface area contributed by atoms with Crippen LogP contribution in [0.4, 0.5) is 4.79 Å². The highest BCUT2D eigenvalue weighted by Gasteiger charge is 2.30. The number of urea groups is 1. The van der Waals surface area contributed by atoms with E-state index in [2.05, 4.69) is 16.8 Å². The molecule has 3 amide bonds. The van der Waals surface area contributed by atoms with Crippen LogP contribution in [0.1, 0.15) is 17.7 Å². The van der Waals surface area contributed by atoms with Crippen LogP contribution < -0.4 is 10.2 Å². The van der Waals surface area contributed by atoms with Crippen LogP contribution >= 0.6 is 11.3 Å². The minimum absolute atomic E-state index is 0.0976. The van der Waals surface area contributed by atoms with Crippen molar-refractivity contribution < 1.29 is 19.2 Å². The van der Waals surface area contributed by atoms with Crippen LogP contribution in [-0.4, -0.2) is 55.7 Å². The lowest BCUT2D eigenvalue weighted by molar-refractivity contribution is -0.908. The lowest BCUT2D eigenvalue weighted by Gasteiger charge is -2.23. The number of hydrogen-bond acceptors (Lipinski definition) is 4. The van der Waals surface area contributed by atoms with Crippen LogP contribution in [0.5, 0.6) is 0 Å². The van der Waals surface area contributed by atoms with Crippen LogP contribution in [0.15, 0.2) is 17.5 Å². The highest BCUT2D eigenvalue weighted by Crippen LogP contribution is 2.11. The molecule has 7 heteroatoms. The smallest absolute Gasteiger partial charge is 0.324 e. The van der Waals surface area contributed by atoms with E-state index in [0.717, 1.165) is 32.5 Å². The number of ether oxygens (including phenoxy) is 1. The van der Waals surface area contributed by atoms with Gasteiger partial charge in [-0.2, -0.15) is 0 Å². The molecule has 0 aliphatic carbocycles. The molecule has 2 fully saturated rings. The lowest BCUT2D eigenvalue weighted by Crippen LogP contribution is -3.13. The first-order chi connectivity index (χ1) is 10.7. The molecule has 1 unspecified atom stereocenters. The number of carbonyl (C=O) groups excluding carboxylic acids is 2. The maximum absolute atomic E-state index is 12.4. The van der Waals surface area contributed by atoms with Gasteiger partial charge in [0.2, 0.25) is 0 Å². The van der Waals surface area contributed by atoms with Crippen molar-refractivity contribution in [2.45, 2.75) is 25.5 Å². The van der Waals surface area contributed by atoms with Gasteiger partial charge in [-0.3, -0.25) is 9.69 Å². The number of hydrogen-bond donors (Lipinski definition) is 2. The number of rotatable bonds is 6. The number of nitrogens with one attached hydrogen (secondary N) is 2. The Balaban J connectivity index is 1.61. The average molecular weight is 324 g/mol. The summed E-state index contributed by atoms with van der Waals surface area (Å²) < 4.78 is 5.71. The van der Waals surface area contributed by atoms with E-state index in [1.54, 1.807) is 11.3 Å². The zero-order chi connectivity index (χ0) is 15.4. The fourth-order valence-corrected chi connectivity index (χ4v) is 3.79. The van der Waals surface area contributed by atoms with E-state index in [0.29, 0.717) is 19.6 Å². The molecule has 2 aliphatic rings. The summed E-state index contributed by atoms with van der Waals surface area (Å²) in [5, 5.41) is 4.73. The predicted octanol–water partition coefficient (Wildman–Crippen LogP) is -0.136. The van der Waals surface area contributed by atoms with E-state index >= 15 is 0 Å². The molecule has 1 aromatic rings. The Kier molecular flexibility index (Phi) is 5.07. The fraction of sp³-hybridized carbons (Fsp3) is 0.600. The molecular formula is C15H22N3O3S+. The summed E-state index contributed by atoms with van der Waals surface area (Å²) in [4.78, 5) is 27.7. The molecule has 2 N–H and O–H groups in total. The van der Waals surface area contributed by atoms with Gasteiger partial charge in [-0.15, -0.1) is 11.3 Å². The third-order valence-electron chi connectivity index (χ3n) is 4.10. The standard InChI is InChI=1S/C15H21N3O3S/c19-14(18-6-5-16-15(18)20)11-17(9-12-3-1-7-21-12)10-13-4-2-8-22-13/h2,4,8,12H,1,3,5-7,9-11H2,(H,16,20)/p+1/t12-/m0/s1. The van der Waals surface area contributed by atoms with Crippen LogP contribution in [0, 0.1) is 0 Å². The second-order valence-electron chi connectivity index (χ2n) is 5.80. The van der Waals surface area contributed by atoms with Gasteiger partial charge in [0.1, 0.15) is 19.2 Å². The Morgan fingerprint density at radius 3 is 3.09 bits per heavy atom. The predicted molar refractivity (Wildman–Crippen MR) is 82.8 cm³/mol. The van der Waals surface area contributed by atoms with Crippen molar-refractivity contribution in [2.24, 2.45) is 0 Å². The molecule has 0 bridgehead atoms. The SMILES string of the molecule is O=C(C[NH+](Cc1cccs1)C[C@@H]1CCCO1)N1CCNC1=O. The number of thiophene rings is 1. The van der Waals surface area contributed by atoms with E-state index in [9.17, 15) is 9.59 Å². The van der Waals surface area contributed by atoms with E-state index in [1.165, 1.54) is 14.7 Å². The summed E-state index contributed by atoms with van der Waals surface area (Å²) >= 11 is 1.70. The topological polar surface area (TPSA) is 63.1 Å². The largest absolute Gasteiger partial charge is 0.372 e. The third kappa shape index (κ3) is 3.85. The summed E-state index contributed by atoms with van der Waals surface area (Å²) in [5.74, 6) is -0.0976. The van der Waals surface area contributed by atoms with Crippen molar-refractivity contribution in [1.29, 1.82) is 0 Å². The minimum atomic E-state index is -0.266. The number of nitrogens with zero attached hydrogens (tertiary/aromatic N) is 1. The molecule has 6 nitrogen and oxygen atoms in total. The molecule has 3 rings (SSSR count). The lowest BCUT2D eigenvalue weighted by atomic mass is 10.2. The van der Waals surface area contributed by atoms with Crippen LogP contribution in [-0.2, 0) is 16.1 Å². The summed E-state index contributed by atoms with van der Waals surface area (Å²) in [6.07, 6.45) is 2.39. The van der Waals surface area contributed by atoms with E-state index in [1.807, 2.05) is 6.07 Å². The Bertz CT molecular complexity index is 514. The molecule has 120 valence electrons. The second kappa shape index (κ2) is 7.21. The first kappa shape index (κ1) is 15.5. The van der Waals surface area contributed by atoms with Gasteiger partial charge in [0, 0.05) is 19.7 Å². The maximum atomic E-state index is 12.4.